The molecule has 3 rings (SSSR count). The van der Waals surface area contributed by atoms with Crippen molar-refractivity contribution in [3.05, 3.63) is 76.1 Å². The number of nitrogens with zero attached hydrogens (tertiary/aromatic N) is 3. The molecule has 0 fully saturated rings. The van der Waals surface area contributed by atoms with E-state index in [0.29, 0.717) is 11.8 Å². The van der Waals surface area contributed by atoms with E-state index < -0.39 is 34.3 Å². The molecule has 0 aliphatic carbocycles. The molecule has 0 saturated heterocycles. The Morgan fingerprint density at radius 1 is 1.03 bits per heavy atom. The van der Waals surface area contributed by atoms with Gasteiger partial charge in [-0.1, -0.05) is 0 Å². The van der Waals surface area contributed by atoms with Gasteiger partial charge in [-0.25, -0.2) is 9.48 Å². The maximum atomic E-state index is 13.2. The molecule has 1 heterocycles. The number of carbonyl (C=O) groups excluding carboxylic acids is 2. The summed E-state index contributed by atoms with van der Waals surface area (Å²) in [5.41, 5.74) is -2.03. The quantitative estimate of drug-likeness (QED) is 0.363. The van der Waals surface area contributed by atoms with Crippen LogP contribution >= 0.6 is 0 Å². The number of anilines is 2. The summed E-state index contributed by atoms with van der Waals surface area (Å²) in [7, 11) is 0. The van der Waals surface area contributed by atoms with Crippen LogP contribution in [-0.4, -0.2) is 32.3 Å². The molecular weight excluding hydrogens is 471 g/mol. The smallest absolute Gasteiger partial charge is 0.416 e. The normalized spacial score (nSPS) is 11.6. The maximum Gasteiger partial charge on any atom is 0.416 e. The van der Waals surface area contributed by atoms with Crippen LogP contribution in [0.15, 0.2) is 54.9 Å². The molecule has 0 radical (unpaired) electrons. The predicted molar refractivity (Wildman–Crippen MR) is 119 cm³/mol. The highest BCUT2D eigenvalue weighted by molar-refractivity contribution is 6.06. The molecular formula is C22H20F3N5O5. The zero-order valence-corrected chi connectivity index (χ0v) is 18.7. The summed E-state index contributed by atoms with van der Waals surface area (Å²) in [6.45, 7) is 4.85. The van der Waals surface area contributed by atoms with Crippen molar-refractivity contribution < 1.29 is 32.4 Å². The van der Waals surface area contributed by atoms with Crippen LogP contribution in [0.4, 0.5) is 35.0 Å². The standard InChI is InChI=1S/C22H20F3N5O5/c1-21(2,3)35-20(32)28-17-9-4-14(22(23,24)25)10-18(17)27-19(31)13-11-26-29(12-13)15-5-7-16(8-6-15)30(33)34/h4-12H,1-3H3,(H,27,31)(H,28,32). The number of ether oxygens (including phenoxy) is 1. The van der Waals surface area contributed by atoms with Gasteiger partial charge in [0.2, 0.25) is 0 Å². The van der Waals surface area contributed by atoms with E-state index >= 15 is 0 Å². The van der Waals surface area contributed by atoms with E-state index in [4.69, 9.17) is 4.74 Å². The van der Waals surface area contributed by atoms with E-state index in [9.17, 15) is 32.9 Å². The van der Waals surface area contributed by atoms with E-state index in [1.807, 2.05) is 0 Å². The number of hydrogen-bond acceptors (Lipinski definition) is 6. The molecule has 184 valence electrons. The third-order valence-electron chi connectivity index (χ3n) is 4.40. The third kappa shape index (κ3) is 6.56. The number of nitrogens with one attached hydrogen (secondary N) is 2. The summed E-state index contributed by atoms with van der Waals surface area (Å²) in [4.78, 5) is 35.1. The molecule has 0 aliphatic rings. The van der Waals surface area contributed by atoms with Gasteiger partial charge in [-0.05, 0) is 51.1 Å². The second kappa shape index (κ2) is 9.44. The first-order valence-corrected chi connectivity index (χ1v) is 10.0. The van der Waals surface area contributed by atoms with Gasteiger partial charge < -0.3 is 10.1 Å². The molecule has 2 aromatic carbocycles. The number of benzene rings is 2. The SMILES string of the molecule is CC(C)(C)OC(=O)Nc1ccc(C(F)(F)F)cc1NC(=O)c1cnn(-c2ccc([N+](=O)[O-])cc2)c1. The van der Waals surface area contributed by atoms with Crippen molar-refractivity contribution in [2.45, 2.75) is 32.5 Å². The van der Waals surface area contributed by atoms with E-state index in [-0.39, 0.29) is 22.6 Å². The molecule has 13 heteroatoms. The van der Waals surface area contributed by atoms with Gasteiger partial charge in [0.05, 0.1) is 39.3 Å². The topological polar surface area (TPSA) is 128 Å². The lowest BCUT2D eigenvalue weighted by Crippen LogP contribution is -2.27. The molecule has 0 atom stereocenters. The van der Waals surface area contributed by atoms with E-state index in [1.54, 1.807) is 20.8 Å². The average Bonchev–Trinajstić information content (AvgIpc) is 3.23. The second-order valence-electron chi connectivity index (χ2n) is 8.29. The Morgan fingerprint density at radius 3 is 2.26 bits per heavy atom. The fourth-order valence-electron chi connectivity index (χ4n) is 2.85. The number of amides is 2. The molecule has 10 nitrogen and oxygen atoms in total. The van der Waals surface area contributed by atoms with E-state index in [2.05, 4.69) is 15.7 Å². The monoisotopic (exact) mass is 491 g/mol. The molecule has 2 N–H and O–H groups in total. The van der Waals surface area contributed by atoms with Crippen molar-refractivity contribution in [1.82, 2.24) is 9.78 Å². The number of non-ortho nitro benzene ring substituents is 1. The lowest BCUT2D eigenvalue weighted by Gasteiger charge is -2.21. The molecule has 0 aliphatic heterocycles. The Labute approximate surface area is 196 Å². The van der Waals surface area contributed by atoms with Crippen LogP contribution in [-0.2, 0) is 10.9 Å². The van der Waals surface area contributed by atoms with Crippen molar-refractivity contribution >= 4 is 29.1 Å². The maximum absolute atomic E-state index is 13.2. The van der Waals surface area contributed by atoms with Crippen molar-refractivity contribution in [2.75, 3.05) is 10.6 Å². The Kier molecular flexibility index (Phi) is 6.80. The largest absolute Gasteiger partial charge is 0.444 e. The number of nitro benzene ring substituents is 1. The number of hydrogen-bond donors (Lipinski definition) is 2. The number of carbonyl (C=O) groups is 2. The van der Waals surface area contributed by atoms with Crippen molar-refractivity contribution in [3.8, 4) is 5.69 Å². The number of halogens is 3. The number of rotatable bonds is 5. The van der Waals surface area contributed by atoms with Gasteiger partial charge in [0.1, 0.15) is 5.60 Å². The summed E-state index contributed by atoms with van der Waals surface area (Å²) in [6.07, 6.45) is -3.14. The molecule has 35 heavy (non-hydrogen) atoms. The van der Waals surface area contributed by atoms with Gasteiger partial charge in [-0.2, -0.15) is 18.3 Å². The summed E-state index contributed by atoms with van der Waals surface area (Å²) in [5, 5.41) is 19.5. The zero-order valence-electron chi connectivity index (χ0n) is 18.7. The first-order chi connectivity index (χ1) is 16.2. The first kappa shape index (κ1) is 25.2. The fraction of sp³-hybridized carbons (Fsp3) is 0.227. The highest BCUT2D eigenvalue weighted by Crippen LogP contribution is 2.34. The molecule has 3 aromatic rings. The second-order valence-corrected chi connectivity index (χ2v) is 8.29. The van der Waals surface area contributed by atoms with Crippen LogP contribution in [0.2, 0.25) is 0 Å². The van der Waals surface area contributed by atoms with Gasteiger partial charge in [0, 0.05) is 18.3 Å². The summed E-state index contributed by atoms with van der Waals surface area (Å²) < 4.78 is 46.1. The van der Waals surface area contributed by atoms with Gasteiger partial charge in [0.25, 0.3) is 11.6 Å². The van der Waals surface area contributed by atoms with Crippen LogP contribution in [0, 0.1) is 10.1 Å². The van der Waals surface area contributed by atoms with E-state index in [1.165, 1.54) is 41.3 Å². The summed E-state index contributed by atoms with van der Waals surface area (Å²) >= 11 is 0. The minimum Gasteiger partial charge on any atom is -0.444 e. The third-order valence-corrected chi connectivity index (χ3v) is 4.40. The summed E-state index contributed by atoms with van der Waals surface area (Å²) in [5.74, 6) is -0.801. The van der Waals surface area contributed by atoms with Crippen molar-refractivity contribution in [3.63, 3.8) is 0 Å². The molecule has 1 aromatic heterocycles. The van der Waals surface area contributed by atoms with Gasteiger partial charge in [-0.3, -0.25) is 20.2 Å². The summed E-state index contributed by atoms with van der Waals surface area (Å²) in [6, 6.07) is 7.80. The molecule has 0 unspecified atom stereocenters. The molecule has 2 amide bonds. The highest BCUT2D eigenvalue weighted by atomic mass is 19.4. The van der Waals surface area contributed by atoms with Gasteiger partial charge >= 0.3 is 12.3 Å². The van der Waals surface area contributed by atoms with Gasteiger partial charge in [-0.15, -0.1) is 0 Å². The van der Waals surface area contributed by atoms with Crippen LogP contribution in [0.1, 0.15) is 36.7 Å². The number of alkyl halides is 3. The fourth-order valence-corrected chi connectivity index (χ4v) is 2.85. The Bertz CT molecular complexity index is 1260. The van der Waals surface area contributed by atoms with Crippen LogP contribution < -0.4 is 10.6 Å². The Morgan fingerprint density at radius 2 is 1.69 bits per heavy atom. The lowest BCUT2D eigenvalue weighted by molar-refractivity contribution is -0.384. The van der Waals surface area contributed by atoms with Crippen LogP contribution in [0.25, 0.3) is 5.69 Å². The minimum absolute atomic E-state index is 0.0102. The zero-order chi connectivity index (χ0) is 26.0. The Balaban J connectivity index is 1.85. The number of nitro groups is 1. The predicted octanol–water partition coefficient (Wildman–Crippen LogP) is 5.40. The molecule has 0 spiro atoms. The van der Waals surface area contributed by atoms with Crippen LogP contribution in [0.3, 0.4) is 0 Å². The van der Waals surface area contributed by atoms with Crippen molar-refractivity contribution in [1.29, 1.82) is 0 Å². The average molecular weight is 491 g/mol. The van der Waals surface area contributed by atoms with Gasteiger partial charge in [0.15, 0.2) is 0 Å². The number of aromatic nitrogens is 2. The van der Waals surface area contributed by atoms with E-state index in [0.717, 1.165) is 12.1 Å². The lowest BCUT2D eigenvalue weighted by atomic mass is 10.1. The Hall–Kier alpha value is -4.42. The molecule has 0 saturated carbocycles. The van der Waals surface area contributed by atoms with Crippen LogP contribution in [0.5, 0.6) is 0 Å². The minimum atomic E-state index is -4.69. The molecule has 0 bridgehead atoms. The van der Waals surface area contributed by atoms with Crippen molar-refractivity contribution in [2.24, 2.45) is 0 Å². The highest BCUT2D eigenvalue weighted by Gasteiger charge is 2.31. The first-order valence-electron chi connectivity index (χ1n) is 10.0.